The van der Waals surface area contributed by atoms with E-state index < -0.39 is 8.32 Å². The molecule has 0 aliphatic rings. The van der Waals surface area contributed by atoms with Gasteiger partial charge in [-0.1, -0.05) is 45.9 Å². The first-order chi connectivity index (χ1) is 12.4. The molecule has 1 aromatic carbocycles. The largest absolute Gasteiger partial charge is 0.497 e. The fourth-order valence-corrected chi connectivity index (χ4v) is 4.66. The van der Waals surface area contributed by atoms with Crippen LogP contribution < -0.4 is 4.74 Å². The molecule has 3 nitrogen and oxygen atoms in total. The van der Waals surface area contributed by atoms with Crippen LogP contribution in [-0.4, -0.2) is 27.6 Å². The van der Waals surface area contributed by atoms with Crippen molar-refractivity contribution in [2.45, 2.75) is 78.5 Å². The third-order valence-electron chi connectivity index (χ3n) is 5.38. The van der Waals surface area contributed by atoms with Crippen molar-refractivity contribution >= 4 is 30.9 Å². The second kappa shape index (κ2) is 10.4. The Morgan fingerprint density at radius 2 is 1.70 bits per heavy atom. The van der Waals surface area contributed by atoms with Crippen molar-refractivity contribution in [3.8, 4) is 5.75 Å². The molecule has 0 radical (unpaired) electrons. The standard InChI is InChI=1S/C22H37IO3Si/c1-16(14-17(2)23)21(26-27(8,9)22(4,5)6)18(3)25-15-19-10-12-20(24-7)13-11-19/h10-14,16,18,21H,15H2,1-9H3/t16-,18+,21+/m1/s1. The van der Waals surface area contributed by atoms with E-state index in [4.69, 9.17) is 13.9 Å². The van der Waals surface area contributed by atoms with E-state index in [1.54, 1.807) is 7.11 Å². The first-order valence-corrected chi connectivity index (χ1v) is 13.6. The minimum Gasteiger partial charge on any atom is -0.497 e. The highest BCUT2D eigenvalue weighted by atomic mass is 127. The van der Waals surface area contributed by atoms with Crippen molar-refractivity contribution in [1.82, 2.24) is 0 Å². The summed E-state index contributed by atoms with van der Waals surface area (Å²) < 4.78 is 19.6. The van der Waals surface area contributed by atoms with Gasteiger partial charge in [0.25, 0.3) is 0 Å². The summed E-state index contributed by atoms with van der Waals surface area (Å²) in [6.45, 7) is 18.5. The van der Waals surface area contributed by atoms with Gasteiger partial charge in [-0.25, -0.2) is 0 Å². The molecule has 0 aliphatic carbocycles. The van der Waals surface area contributed by atoms with Gasteiger partial charge >= 0.3 is 0 Å². The van der Waals surface area contributed by atoms with Gasteiger partial charge in [0.1, 0.15) is 5.75 Å². The number of halogens is 1. The molecule has 0 N–H and O–H groups in total. The summed E-state index contributed by atoms with van der Waals surface area (Å²) in [5, 5.41) is 0.170. The van der Waals surface area contributed by atoms with Crippen LogP contribution in [0.1, 0.15) is 47.1 Å². The molecule has 0 fully saturated rings. The Kier molecular flexibility index (Phi) is 9.52. The number of hydrogen-bond acceptors (Lipinski definition) is 3. The van der Waals surface area contributed by atoms with Crippen LogP contribution in [0.2, 0.25) is 18.1 Å². The summed E-state index contributed by atoms with van der Waals surface area (Å²) in [5.41, 5.74) is 1.14. The zero-order chi connectivity index (χ0) is 20.8. The number of allylic oxidation sites excluding steroid dienone is 1. The molecule has 0 amide bonds. The third-order valence-corrected chi connectivity index (χ3v) is 10.2. The van der Waals surface area contributed by atoms with Crippen molar-refractivity contribution in [2.24, 2.45) is 5.92 Å². The van der Waals surface area contributed by atoms with Gasteiger partial charge in [-0.2, -0.15) is 0 Å². The zero-order valence-electron chi connectivity index (χ0n) is 18.4. The van der Waals surface area contributed by atoms with E-state index in [1.165, 1.54) is 3.58 Å². The predicted molar refractivity (Wildman–Crippen MR) is 126 cm³/mol. The highest BCUT2D eigenvalue weighted by Crippen LogP contribution is 2.39. The zero-order valence-corrected chi connectivity index (χ0v) is 21.6. The van der Waals surface area contributed by atoms with Gasteiger partial charge in [-0.3, -0.25) is 0 Å². The van der Waals surface area contributed by atoms with Crippen molar-refractivity contribution < 1.29 is 13.9 Å². The molecular formula is C22H37IO3Si. The molecule has 3 atom stereocenters. The molecule has 0 heterocycles. The van der Waals surface area contributed by atoms with Crippen LogP contribution in [0.5, 0.6) is 5.75 Å². The minimum atomic E-state index is -1.89. The van der Waals surface area contributed by atoms with Crippen LogP contribution >= 0.6 is 22.6 Å². The quantitative estimate of drug-likeness (QED) is 0.269. The fourth-order valence-electron chi connectivity index (χ4n) is 2.65. The molecule has 0 aliphatic heterocycles. The smallest absolute Gasteiger partial charge is 0.192 e. The van der Waals surface area contributed by atoms with Gasteiger partial charge < -0.3 is 13.9 Å². The summed E-state index contributed by atoms with van der Waals surface area (Å²) >= 11 is 2.37. The van der Waals surface area contributed by atoms with Crippen molar-refractivity contribution in [2.75, 3.05) is 7.11 Å². The van der Waals surface area contributed by atoms with E-state index >= 15 is 0 Å². The summed E-state index contributed by atoms with van der Waals surface area (Å²) in [6, 6.07) is 8.04. The van der Waals surface area contributed by atoms with Crippen LogP contribution in [0.3, 0.4) is 0 Å². The molecule has 0 unspecified atom stereocenters. The van der Waals surface area contributed by atoms with Gasteiger partial charge in [0.15, 0.2) is 8.32 Å². The molecule has 0 bridgehead atoms. The van der Waals surface area contributed by atoms with Gasteiger partial charge in [0.05, 0.1) is 25.9 Å². The maximum atomic E-state index is 6.80. The normalized spacial score (nSPS) is 16.7. The monoisotopic (exact) mass is 504 g/mol. The van der Waals surface area contributed by atoms with Crippen molar-refractivity contribution in [1.29, 1.82) is 0 Å². The second-order valence-electron chi connectivity index (χ2n) is 8.82. The van der Waals surface area contributed by atoms with Crippen LogP contribution in [0.15, 0.2) is 33.9 Å². The molecule has 0 spiro atoms. The molecule has 0 saturated carbocycles. The summed E-state index contributed by atoms with van der Waals surface area (Å²) in [6.07, 6.45) is 2.32. The minimum absolute atomic E-state index is 0.00299. The van der Waals surface area contributed by atoms with E-state index in [9.17, 15) is 0 Å². The SMILES string of the molecule is COc1ccc(CO[C@@H](C)[C@@H](O[Si](C)(C)C(C)(C)C)[C@H](C)C=C(C)I)cc1. The Morgan fingerprint density at radius 3 is 2.15 bits per heavy atom. The Labute approximate surface area is 181 Å². The third kappa shape index (κ3) is 7.87. The molecule has 5 heteroatoms. The first-order valence-electron chi connectivity index (χ1n) is 9.63. The summed E-state index contributed by atoms with van der Waals surface area (Å²) in [5.74, 6) is 1.16. The average Bonchev–Trinajstić information content (AvgIpc) is 2.56. The topological polar surface area (TPSA) is 27.7 Å². The molecule has 27 heavy (non-hydrogen) atoms. The highest BCUT2D eigenvalue weighted by Gasteiger charge is 2.41. The van der Waals surface area contributed by atoms with Gasteiger partial charge in [0, 0.05) is 5.92 Å². The van der Waals surface area contributed by atoms with E-state index in [0.717, 1.165) is 11.3 Å². The predicted octanol–water partition coefficient (Wildman–Crippen LogP) is 6.97. The van der Waals surface area contributed by atoms with E-state index in [0.29, 0.717) is 12.5 Å². The van der Waals surface area contributed by atoms with Crippen molar-refractivity contribution in [3.63, 3.8) is 0 Å². The lowest BCUT2D eigenvalue weighted by Crippen LogP contribution is -2.49. The average molecular weight is 505 g/mol. The van der Waals surface area contributed by atoms with E-state index in [2.05, 4.69) is 83.3 Å². The van der Waals surface area contributed by atoms with E-state index in [1.807, 2.05) is 24.3 Å². The molecule has 154 valence electrons. The van der Waals surface area contributed by atoms with Crippen LogP contribution in [0.4, 0.5) is 0 Å². The number of benzene rings is 1. The van der Waals surface area contributed by atoms with Crippen LogP contribution in [0.25, 0.3) is 0 Å². The lowest BCUT2D eigenvalue weighted by molar-refractivity contribution is -0.0425. The second-order valence-corrected chi connectivity index (χ2v) is 15.3. The lowest BCUT2D eigenvalue weighted by Gasteiger charge is -2.42. The number of hydrogen-bond donors (Lipinski definition) is 0. The Morgan fingerprint density at radius 1 is 1.15 bits per heavy atom. The first kappa shape index (κ1) is 24.7. The Bertz CT molecular complexity index is 601. The van der Waals surface area contributed by atoms with Gasteiger partial charge in [-0.15, -0.1) is 0 Å². The van der Waals surface area contributed by atoms with Crippen LogP contribution in [-0.2, 0) is 15.8 Å². The number of methoxy groups -OCH3 is 1. The number of ether oxygens (including phenoxy) is 2. The summed E-state index contributed by atoms with van der Waals surface area (Å²) in [4.78, 5) is 0. The van der Waals surface area contributed by atoms with E-state index in [-0.39, 0.29) is 17.2 Å². The maximum absolute atomic E-state index is 6.80. The van der Waals surface area contributed by atoms with Gasteiger partial charge in [0.2, 0.25) is 0 Å². The summed E-state index contributed by atoms with van der Waals surface area (Å²) in [7, 11) is -0.213. The Balaban J connectivity index is 2.91. The van der Waals surface area contributed by atoms with Crippen LogP contribution in [0, 0.1) is 5.92 Å². The maximum Gasteiger partial charge on any atom is 0.192 e. The molecule has 0 saturated heterocycles. The van der Waals surface area contributed by atoms with Crippen molar-refractivity contribution in [3.05, 3.63) is 39.5 Å². The molecule has 0 aromatic heterocycles. The Hall–Kier alpha value is -0.373. The molecule has 1 rings (SSSR count). The molecular weight excluding hydrogens is 467 g/mol. The fraction of sp³-hybridized carbons (Fsp3) is 0.636. The van der Waals surface area contributed by atoms with Gasteiger partial charge in [-0.05, 0) is 75.8 Å². The highest BCUT2D eigenvalue weighted by molar-refractivity contribution is 14.1. The molecule has 1 aromatic rings. The number of rotatable bonds is 9. The lowest BCUT2D eigenvalue weighted by atomic mass is 10.00.